The fourth-order valence-corrected chi connectivity index (χ4v) is 8.35. The molecule has 1 aliphatic heterocycles. The smallest absolute Gasteiger partial charge is 0.307 e. The van der Waals surface area contributed by atoms with Crippen LogP contribution in [0.3, 0.4) is 0 Å². The van der Waals surface area contributed by atoms with Crippen molar-refractivity contribution in [3.63, 3.8) is 0 Å². The number of hydrogen-bond donors (Lipinski definition) is 2. The van der Waals surface area contributed by atoms with Crippen LogP contribution in [0.5, 0.6) is 5.88 Å². The number of ether oxygens (including phenoxy) is 1. The van der Waals surface area contributed by atoms with E-state index in [0.717, 1.165) is 64.0 Å². The zero-order valence-electron chi connectivity index (χ0n) is 27.5. The van der Waals surface area contributed by atoms with Crippen LogP contribution in [0, 0.1) is 24.7 Å². The van der Waals surface area contributed by atoms with Crippen molar-refractivity contribution < 1.29 is 23.4 Å². The summed E-state index contributed by atoms with van der Waals surface area (Å²) in [7, 11) is 3.11. The van der Waals surface area contributed by atoms with Crippen molar-refractivity contribution in [2.45, 2.75) is 32.2 Å². The maximum Gasteiger partial charge on any atom is 0.307 e. The van der Waals surface area contributed by atoms with E-state index >= 15 is 0 Å². The van der Waals surface area contributed by atoms with Crippen LogP contribution in [0.2, 0.25) is 5.02 Å². The first kappa shape index (κ1) is 32.3. The van der Waals surface area contributed by atoms with Crippen molar-refractivity contribution in [3.05, 3.63) is 92.5 Å². The summed E-state index contributed by atoms with van der Waals surface area (Å²) >= 11 is 7.17. The lowest BCUT2D eigenvalue weighted by Gasteiger charge is -2.27. The molecule has 3 aromatic heterocycles. The van der Waals surface area contributed by atoms with Crippen molar-refractivity contribution in [2.24, 2.45) is 24.8 Å². The summed E-state index contributed by atoms with van der Waals surface area (Å²) in [6.45, 7) is 3.43. The summed E-state index contributed by atoms with van der Waals surface area (Å²) in [5, 5.41) is 17.5. The molecule has 3 unspecified atom stereocenters. The molecule has 8 rings (SSSR count). The molecule has 2 fully saturated rings. The molecule has 50 heavy (non-hydrogen) atoms. The van der Waals surface area contributed by atoms with Crippen molar-refractivity contribution in [3.8, 4) is 28.3 Å². The third kappa shape index (κ3) is 5.20. The Balaban J connectivity index is 1.13. The lowest BCUT2D eigenvalue weighted by atomic mass is 9.96. The number of nitrogens with one attached hydrogen (secondary N) is 1. The molecule has 256 valence electrons. The average molecular weight is 699 g/mol. The highest BCUT2D eigenvalue weighted by molar-refractivity contribution is 6.36. The second-order valence-electron chi connectivity index (χ2n) is 13.3. The third-order valence-electron chi connectivity index (χ3n) is 10.6. The van der Waals surface area contributed by atoms with Gasteiger partial charge in [0.25, 0.3) is 12.0 Å². The van der Waals surface area contributed by atoms with Crippen LogP contribution < -0.4 is 15.6 Å². The first-order valence-electron chi connectivity index (χ1n) is 16.4. The molecule has 0 bridgehead atoms. The quantitative estimate of drug-likeness (QED) is 0.177. The SMILES string of the molecule is COc1nc(-c2cccc(-c3cccc(Nc4nc(C(F)F)cc5cnn(C)c(=O)c45)c3C)c2Cl)cc2c1C(N1CC3C(C1)C3C(=O)O)CC2. The minimum Gasteiger partial charge on any atom is -0.481 e. The van der Waals surface area contributed by atoms with E-state index in [1.165, 1.54) is 19.3 Å². The van der Waals surface area contributed by atoms with E-state index in [1.807, 2.05) is 37.3 Å². The van der Waals surface area contributed by atoms with Gasteiger partial charge in [-0.15, -0.1) is 0 Å². The number of rotatable bonds is 8. The standard InChI is InChI=1S/C37H33ClF2N6O4/c1-17-20(6-5-9-25(17)42-34-30-19(13-27(43-34)33(39)40)14-41-45(2)36(30)47)21-7-4-8-22(32(21)38)26-12-18-10-11-28(29(18)35(44-26)50-3)46-15-23-24(16-46)31(23)37(48)49/h4-9,12-14,23-24,28,31,33H,10-11,15-16H2,1-3H3,(H,42,43)(H,48,49). The second kappa shape index (κ2) is 12.1. The number of benzene rings is 2. The number of carboxylic acids is 1. The van der Waals surface area contributed by atoms with E-state index in [-0.39, 0.29) is 40.4 Å². The molecule has 2 N–H and O–H groups in total. The number of hydrogen-bond acceptors (Lipinski definition) is 8. The lowest BCUT2D eigenvalue weighted by Crippen LogP contribution is -2.29. The van der Waals surface area contributed by atoms with E-state index in [1.54, 1.807) is 13.2 Å². The van der Waals surface area contributed by atoms with Crippen molar-refractivity contribution in [2.75, 3.05) is 25.5 Å². The zero-order chi connectivity index (χ0) is 35.0. The molecule has 1 saturated heterocycles. The van der Waals surface area contributed by atoms with Crippen molar-refractivity contribution >= 4 is 39.8 Å². The van der Waals surface area contributed by atoms with Gasteiger partial charge in [-0.1, -0.05) is 41.9 Å². The number of anilines is 2. The molecule has 2 aromatic carbocycles. The first-order chi connectivity index (χ1) is 24.0. The molecule has 3 aliphatic rings. The Hall–Kier alpha value is -4.94. The van der Waals surface area contributed by atoms with Gasteiger partial charge in [0.15, 0.2) is 0 Å². The van der Waals surface area contributed by atoms with Crippen molar-refractivity contribution in [1.29, 1.82) is 0 Å². The second-order valence-corrected chi connectivity index (χ2v) is 13.7. The van der Waals surface area contributed by atoms with Crippen LogP contribution in [0.25, 0.3) is 33.2 Å². The molecular formula is C37H33ClF2N6O4. The summed E-state index contributed by atoms with van der Waals surface area (Å²) in [6, 6.07) is 14.7. The van der Waals surface area contributed by atoms with Gasteiger partial charge in [0, 0.05) is 53.9 Å². The Kier molecular flexibility index (Phi) is 7.83. The maximum atomic E-state index is 13.8. The number of alkyl halides is 2. The summed E-state index contributed by atoms with van der Waals surface area (Å²) in [5.41, 5.74) is 5.57. The topological polar surface area (TPSA) is 122 Å². The number of aromatic nitrogens is 4. The molecule has 13 heteroatoms. The number of likely N-dealkylation sites (tertiary alicyclic amines) is 1. The number of halogens is 3. The van der Waals surface area contributed by atoms with Crippen LogP contribution >= 0.6 is 11.6 Å². The Morgan fingerprint density at radius 2 is 1.80 bits per heavy atom. The number of piperidine rings is 1. The zero-order valence-corrected chi connectivity index (χ0v) is 28.2. The molecule has 0 radical (unpaired) electrons. The molecule has 1 saturated carbocycles. The molecule has 2 aliphatic carbocycles. The highest BCUT2D eigenvalue weighted by Crippen LogP contribution is 2.55. The van der Waals surface area contributed by atoms with Crippen LogP contribution in [-0.4, -0.2) is 55.9 Å². The van der Waals surface area contributed by atoms with Crippen LogP contribution in [0.1, 0.15) is 41.3 Å². The number of pyridine rings is 2. The number of aliphatic carboxylic acids is 1. The van der Waals surface area contributed by atoms with E-state index in [0.29, 0.717) is 22.3 Å². The third-order valence-corrected chi connectivity index (χ3v) is 11.0. The fourth-order valence-electron chi connectivity index (χ4n) is 8.03. The molecule has 10 nitrogen and oxygen atoms in total. The largest absolute Gasteiger partial charge is 0.481 e. The van der Waals surface area contributed by atoms with E-state index < -0.39 is 23.6 Å². The van der Waals surface area contributed by atoms with Crippen LogP contribution in [0.15, 0.2) is 59.5 Å². The van der Waals surface area contributed by atoms with Gasteiger partial charge in [-0.2, -0.15) is 5.10 Å². The predicted octanol–water partition coefficient (Wildman–Crippen LogP) is 6.96. The lowest BCUT2D eigenvalue weighted by molar-refractivity contribution is -0.139. The number of aryl methyl sites for hydroxylation is 2. The maximum absolute atomic E-state index is 13.8. The first-order valence-corrected chi connectivity index (χ1v) is 16.8. The highest BCUT2D eigenvalue weighted by Gasteiger charge is 2.60. The number of carbonyl (C=O) groups is 1. The normalized spacial score (nSPS) is 21.0. The predicted molar refractivity (Wildman–Crippen MR) is 185 cm³/mol. The Morgan fingerprint density at radius 3 is 2.52 bits per heavy atom. The van der Waals surface area contributed by atoms with E-state index in [4.69, 9.17) is 21.3 Å². The fraction of sp³-hybridized carbons (Fsp3) is 0.324. The minimum absolute atomic E-state index is 0.0151. The summed E-state index contributed by atoms with van der Waals surface area (Å²) < 4.78 is 34.6. The van der Waals surface area contributed by atoms with Gasteiger partial charge in [-0.3, -0.25) is 14.5 Å². The average Bonchev–Trinajstić information content (AvgIpc) is 3.37. The van der Waals surface area contributed by atoms with Gasteiger partial charge in [0.1, 0.15) is 11.5 Å². The molecule has 0 spiro atoms. The van der Waals surface area contributed by atoms with Gasteiger partial charge in [0.2, 0.25) is 5.88 Å². The van der Waals surface area contributed by atoms with Crippen LogP contribution in [-0.2, 0) is 18.3 Å². The molecular weight excluding hydrogens is 666 g/mol. The van der Waals surface area contributed by atoms with Gasteiger partial charge in [-0.05, 0) is 66.5 Å². The van der Waals surface area contributed by atoms with Gasteiger partial charge in [-0.25, -0.2) is 23.4 Å². The highest BCUT2D eigenvalue weighted by atomic mass is 35.5. The number of nitrogens with zero attached hydrogens (tertiary/aromatic N) is 5. The number of carboxylic acid groups (broad SMARTS) is 1. The Labute approximate surface area is 290 Å². The molecule has 3 atom stereocenters. The molecule has 0 amide bonds. The summed E-state index contributed by atoms with van der Waals surface area (Å²) in [4.78, 5) is 36.0. The molecule has 4 heterocycles. The van der Waals surface area contributed by atoms with E-state index in [9.17, 15) is 23.5 Å². The number of fused-ring (bicyclic) bond motifs is 3. The summed E-state index contributed by atoms with van der Waals surface area (Å²) in [5.74, 6) is 0.0902. The van der Waals surface area contributed by atoms with Crippen LogP contribution in [0.4, 0.5) is 20.3 Å². The van der Waals surface area contributed by atoms with E-state index in [2.05, 4.69) is 26.4 Å². The Bertz CT molecular complexity index is 2270. The Morgan fingerprint density at radius 1 is 1.08 bits per heavy atom. The van der Waals surface area contributed by atoms with Gasteiger partial charge >= 0.3 is 5.97 Å². The monoisotopic (exact) mass is 698 g/mol. The minimum atomic E-state index is -2.84. The number of methoxy groups -OCH3 is 1. The summed E-state index contributed by atoms with van der Waals surface area (Å²) in [6.07, 6.45) is 0.289. The van der Waals surface area contributed by atoms with Crippen molar-refractivity contribution in [1.82, 2.24) is 24.6 Å². The van der Waals surface area contributed by atoms with Gasteiger partial charge < -0.3 is 15.2 Å². The molecule has 5 aromatic rings. The van der Waals surface area contributed by atoms with Gasteiger partial charge in [0.05, 0.1) is 35.3 Å².